The highest BCUT2D eigenvalue weighted by Crippen LogP contribution is 2.43. The summed E-state index contributed by atoms with van der Waals surface area (Å²) in [5, 5.41) is 12.8. The summed E-state index contributed by atoms with van der Waals surface area (Å²) >= 11 is 0. The highest BCUT2D eigenvalue weighted by Gasteiger charge is 2.46. The van der Waals surface area contributed by atoms with Gasteiger partial charge < -0.3 is 10.1 Å². The number of anilines is 2. The minimum absolute atomic E-state index is 0.0927. The molecule has 0 spiro atoms. The molecular formula is C29H25F2N7O3. The number of carbonyl (C=O) groups excluding carboxylic acids is 2. The highest BCUT2D eigenvalue weighted by atomic mass is 19.1. The molecule has 208 valence electrons. The third-order valence-corrected chi connectivity index (χ3v) is 6.61. The van der Waals surface area contributed by atoms with Gasteiger partial charge in [0.05, 0.1) is 41.1 Å². The lowest BCUT2D eigenvalue weighted by atomic mass is 9.92. The fraction of sp³-hybridized carbons (Fsp3) is 0.207. The first-order chi connectivity index (χ1) is 19.6. The number of fused-ring (bicyclic) bond motifs is 3. The zero-order chi connectivity index (χ0) is 28.9. The Hall–Kier alpha value is -4.97. The van der Waals surface area contributed by atoms with Crippen molar-refractivity contribution >= 4 is 35.2 Å². The standard InChI is InChI=1S/C29H25F2N7O3/c1-29(2,3)22-13-23(38(37-22)16-6-4-5-15(30)11-16)35-28(40)34-19-8-7-17(12-18(19)31)41-21-9-10-32-26-25(21)33-14-20(39)24-27(26)36-24/h4-14,24,27,36H,1-3H3,(H2,34,35,40). The number of ether oxygens (including phenoxy) is 1. The number of Topliss-reactive ketones (excluding diaryl/α,β-unsaturated/α-hetero) is 1. The maximum Gasteiger partial charge on any atom is 0.324 e. The molecule has 0 aliphatic carbocycles. The van der Waals surface area contributed by atoms with Gasteiger partial charge in [-0.15, -0.1) is 0 Å². The van der Waals surface area contributed by atoms with E-state index in [-0.39, 0.29) is 40.5 Å². The van der Waals surface area contributed by atoms with Gasteiger partial charge in [-0.25, -0.2) is 23.2 Å². The van der Waals surface area contributed by atoms with Gasteiger partial charge in [0, 0.05) is 29.8 Å². The normalized spacial score (nSPS) is 17.3. The minimum atomic E-state index is -0.741. The van der Waals surface area contributed by atoms with Crippen molar-refractivity contribution in [1.82, 2.24) is 20.1 Å². The first-order valence-electron chi connectivity index (χ1n) is 12.8. The number of ketones is 1. The number of aromatic nitrogens is 3. The molecule has 2 amide bonds. The molecule has 2 aliphatic heterocycles. The number of benzene rings is 2. The molecular weight excluding hydrogens is 532 g/mol. The number of carbonyl (C=O) groups is 2. The Morgan fingerprint density at radius 2 is 1.88 bits per heavy atom. The average Bonchev–Trinajstić information content (AvgIpc) is 3.62. The van der Waals surface area contributed by atoms with Gasteiger partial charge in [0.1, 0.15) is 28.9 Å². The SMILES string of the molecule is CC(C)(C)c1cc(NC(=O)Nc2ccc(Oc3ccnc4c3N=CC(=O)C3NC43)cc2F)n(-c2cccc(F)c2)n1. The smallest absolute Gasteiger partial charge is 0.324 e. The number of rotatable bonds is 5. The Balaban J connectivity index is 1.20. The van der Waals surface area contributed by atoms with Gasteiger partial charge in [-0.1, -0.05) is 26.8 Å². The number of urea groups is 1. The van der Waals surface area contributed by atoms with Crippen molar-refractivity contribution in [3.8, 4) is 17.2 Å². The van der Waals surface area contributed by atoms with Crippen LogP contribution >= 0.6 is 0 Å². The van der Waals surface area contributed by atoms with Crippen LogP contribution in [0.4, 0.5) is 30.8 Å². The number of hydrogen-bond donors (Lipinski definition) is 3. The fourth-order valence-electron chi connectivity index (χ4n) is 4.42. The lowest BCUT2D eigenvalue weighted by molar-refractivity contribution is -0.112. The zero-order valence-electron chi connectivity index (χ0n) is 22.3. The second-order valence-electron chi connectivity index (χ2n) is 10.7. The molecule has 2 aromatic heterocycles. The maximum atomic E-state index is 15.0. The van der Waals surface area contributed by atoms with E-state index in [1.807, 2.05) is 20.8 Å². The summed E-state index contributed by atoms with van der Waals surface area (Å²) in [5.74, 6) is -0.588. The summed E-state index contributed by atoms with van der Waals surface area (Å²) in [4.78, 5) is 33.5. The molecule has 2 aromatic carbocycles. The van der Waals surface area contributed by atoms with Crippen LogP contribution in [0.25, 0.3) is 5.69 Å². The highest BCUT2D eigenvalue weighted by molar-refractivity contribution is 6.32. The monoisotopic (exact) mass is 557 g/mol. The Morgan fingerprint density at radius 1 is 1.05 bits per heavy atom. The number of hydrogen-bond acceptors (Lipinski definition) is 7. The van der Waals surface area contributed by atoms with Gasteiger partial charge in [-0.05, 0) is 30.3 Å². The lowest BCUT2D eigenvalue weighted by Gasteiger charge is -2.14. The van der Waals surface area contributed by atoms with Crippen LogP contribution in [-0.2, 0) is 10.2 Å². The molecule has 2 atom stereocenters. The molecule has 6 rings (SSSR count). The molecule has 2 aliphatic rings. The van der Waals surface area contributed by atoms with Gasteiger partial charge in [0.25, 0.3) is 0 Å². The third-order valence-electron chi connectivity index (χ3n) is 6.61. The van der Waals surface area contributed by atoms with Gasteiger partial charge in [-0.3, -0.25) is 20.4 Å². The average molecular weight is 558 g/mol. The number of aliphatic imine (C=N–C) groups is 1. The Bertz CT molecular complexity index is 1730. The van der Waals surface area contributed by atoms with Crippen LogP contribution in [0.15, 0.2) is 65.8 Å². The van der Waals surface area contributed by atoms with E-state index in [1.54, 1.807) is 24.3 Å². The van der Waals surface area contributed by atoms with Crippen molar-refractivity contribution in [3.05, 3.63) is 83.8 Å². The molecule has 12 heteroatoms. The molecule has 3 N–H and O–H groups in total. The molecule has 1 saturated heterocycles. The zero-order valence-corrected chi connectivity index (χ0v) is 22.3. The van der Waals surface area contributed by atoms with Crippen molar-refractivity contribution < 1.29 is 23.1 Å². The van der Waals surface area contributed by atoms with Crippen LogP contribution < -0.4 is 20.7 Å². The number of nitrogens with one attached hydrogen (secondary N) is 3. The molecule has 10 nitrogen and oxygen atoms in total. The summed E-state index contributed by atoms with van der Waals surface area (Å²) in [6, 6.07) is 11.8. The number of amides is 2. The van der Waals surface area contributed by atoms with Crippen LogP contribution in [0, 0.1) is 11.6 Å². The largest absolute Gasteiger partial charge is 0.455 e. The van der Waals surface area contributed by atoms with Crippen molar-refractivity contribution in [3.63, 3.8) is 0 Å². The Kier molecular flexibility index (Phi) is 6.34. The number of pyridine rings is 1. The number of nitrogens with zero attached hydrogens (tertiary/aromatic N) is 4. The molecule has 1 fully saturated rings. The lowest BCUT2D eigenvalue weighted by Crippen LogP contribution is -2.22. The van der Waals surface area contributed by atoms with Crippen molar-refractivity contribution in [2.45, 2.75) is 38.3 Å². The van der Waals surface area contributed by atoms with Crippen LogP contribution in [0.5, 0.6) is 11.5 Å². The minimum Gasteiger partial charge on any atom is -0.455 e. The maximum absolute atomic E-state index is 15.0. The second kappa shape index (κ2) is 9.89. The van der Waals surface area contributed by atoms with E-state index in [0.29, 0.717) is 28.5 Å². The van der Waals surface area contributed by atoms with Gasteiger partial charge in [0.2, 0.25) is 0 Å². The quantitative estimate of drug-likeness (QED) is 0.275. The molecule has 0 saturated carbocycles. The van der Waals surface area contributed by atoms with Gasteiger partial charge >= 0.3 is 6.03 Å². The van der Waals surface area contributed by atoms with E-state index in [1.165, 1.54) is 41.4 Å². The van der Waals surface area contributed by atoms with E-state index >= 15 is 4.39 Å². The summed E-state index contributed by atoms with van der Waals surface area (Å²) < 4.78 is 36.3. The van der Waals surface area contributed by atoms with Gasteiger partial charge in [0.15, 0.2) is 11.5 Å². The topological polar surface area (TPSA) is 132 Å². The third kappa shape index (κ3) is 5.29. The molecule has 41 heavy (non-hydrogen) atoms. The van der Waals surface area contributed by atoms with E-state index in [9.17, 15) is 14.0 Å². The van der Waals surface area contributed by atoms with E-state index in [0.717, 1.165) is 6.07 Å². The first-order valence-corrected chi connectivity index (χ1v) is 12.8. The van der Waals surface area contributed by atoms with Crippen molar-refractivity contribution in [2.24, 2.45) is 4.99 Å². The first kappa shape index (κ1) is 26.3. The van der Waals surface area contributed by atoms with Crippen LogP contribution in [0.1, 0.15) is 38.2 Å². The van der Waals surface area contributed by atoms with Crippen LogP contribution in [0.3, 0.4) is 0 Å². The predicted octanol–water partition coefficient (Wildman–Crippen LogP) is 5.58. The van der Waals surface area contributed by atoms with Crippen LogP contribution in [-0.4, -0.2) is 38.8 Å². The summed E-state index contributed by atoms with van der Waals surface area (Å²) in [6.07, 6.45) is 2.77. The van der Waals surface area contributed by atoms with Crippen molar-refractivity contribution in [1.29, 1.82) is 0 Å². The Morgan fingerprint density at radius 3 is 2.63 bits per heavy atom. The van der Waals surface area contributed by atoms with Gasteiger partial charge in [-0.2, -0.15) is 5.10 Å². The molecule has 4 heterocycles. The Labute approximate surface area is 233 Å². The molecule has 4 aromatic rings. The van der Waals surface area contributed by atoms with E-state index < -0.39 is 17.7 Å². The molecule has 2 unspecified atom stereocenters. The van der Waals surface area contributed by atoms with E-state index in [4.69, 9.17) is 4.74 Å². The number of halogens is 2. The molecule has 0 radical (unpaired) electrons. The predicted molar refractivity (Wildman–Crippen MR) is 148 cm³/mol. The summed E-state index contributed by atoms with van der Waals surface area (Å²) in [5.41, 5.74) is 1.62. The summed E-state index contributed by atoms with van der Waals surface area (Å²) in [6.45, 7) is 5.88. The van der Waals surface area contributed by atoms with E-state index in [2.05, 4.69) is 31.0 Å². The second-order valence-corrected chi connectivity index (χ2v) is 10.7. The fourth-order valence-corrected chi connectivity index (χ4v) is 4.42. The van der Waals surface area contributed by atoms with Crippen molar-refractivity contribution in [2.75, 3.05) is 10.6 Å². The van der Waals surface area contributed by atoms with Crippen LogP contribution in [0.2, 0.25) is 0 Å². The molecule has 0 bridgehead atoms. The summed E-state index contributed by atoms with van der Waals surface area (Å²) in [7, 11) is 0.